The van der Waals surface area contributed by atoms with Gasteiger partial charge in [0.2, 0.25) is 11.8 Å². The van der Waals surface area contributed by atoms with Gasteiger partial charge in [0.25, 0.3) is 5.91 Å². The lowest BCUT2D eigenvalue weighted by atomic mass is 9.92. The third-order valence-electron chi connectivity index (χ3n) is 4.21. The van der Waals surface area contributed by atoms with E-state index < -0.39 is 0 Å². The molecule has 1 N–H and O–H groups in total. The van der Waals surface area contributed by atoms with Gasteiger partial charge in [-0.15, -0.1) is 0 Å². The van der Waals surface area contributed by atoms with Crippen LogP contribution in [0.4, 0.5) is 0 Å². The minimum absolute atomic E-state index is 0.0647. The van der Waals surface area contributed by atoms with E-state index >= 15 is 0 Å². The zero-order valence-corrected chi connectivity index (χ0v) is 14.7. The number of nitrogens with one attached hydrogen (secondary N) is 1. The number of halogens is 1. The summed E-state index contributed by atoms with van der Waals surface area (Å²) in [5, 5.41) is 3.52. The summed E-state index contributed by atoms with van der Waals surface area (Å²) < 4.78 is 10.9. The smallest absolute Gasteiger partial charge is 0.253 e. The number of aromatic nitrogens is 2. The lowest BCUT2D eigenvalue weighted by Gasteiger charge is -2.29. The molecule has 1 aliphatic carbocycles. The highest BCUT2D eigenvalue weighted by atomic mass is 35.5. The Kier molecular flexibility index (Phi) is 5.71. The SMILES string of the molecule is COc1cncc(OC2CCC(NC(=O)c3ccccc3Cl)CC2)n1. The van der Waals surface area contributed by atoms with E-state index in [2.05, 4.69) is 15.3 Å². The predicted octanol–water partition coefficient (Wildman–Crippen LogP) is 3.26. The van der Waals surface area contributed by atoms with Crippen LogP contribution in [-0.2, 0) is 0 Å². The topological polar surface area (TPSA) is 73.3 Å². The number of rotatable bonds is 5. The third kappa shape index (κ3) is 4.60. The van der Waals surface area contributed by atoms with Gasteiger partial charge in [-0.3, -0.25) is 9.78 Å². The molecule has 3 rings (SSSR count). The minimum atomic E-state index is -0.131. The standard InChI is InChI=1S/C18H20ClN3O3/c1-24-16-10-20-11-17(22-16)25-13-8-6-12(7-9-13)21-18(23)14-4-2-3-5-15(14)19/h2-5,10-13H,6-9H2,1H3,(H,21,23). The van der Waals surface area contributed by atoms with Crippen LogP contribution in [0.15, 0.2) is 36.7 Å². The third-order valence-corrected chi connectivity index (χ3v) is 4.54. The van der Waals surface area contributed by atoms with Crippen molar-refractivity contribution in [3.05, 3.63) is 47.2 Å². The van der Waals surface area contributed by atoms with Gasteiger partial charge in [0.15, 0.2) is 0 Å². The van der Waals surface area contributed by atoms with E-state index in [0.717, 1.165) is 25.7 Å². The van der Waals surface area contributed by atoms with Gasteiger partial charge in [0.1, 0.15) is 6.10 Å². The van der Waals surface area contributed by atoms with Crippen LogP contribution in [0.3, 0.4) is 0 Å². The molecule has 2 aromatic rings. The Hall–Kier alpha value is -2.34. The van der Waals surface area contributed by atoms with E-state index in [1.54, 1.807) is 31.5 Å². The maximum atomic E-state index is 12.3. The molecule has 1 fully saturated rings. The van der Waals surface area contributed by atoms with Crippen molar-refractivity contribution in [2.45, 2.75) is 37.8 Å². The molecule has 0 aliphatic heterocycles. The summed E-state index contributed by atoms with van der Waals surface area (Å²) in [4.78, 5) is 20.6. The molecule has 7 heteroatoms. The molecular formula is C18H20ClN3O3. The first-order valence-corrected chi connectivity index (χ1v) is 8.61. The predicted molar refractivity (Wildman–Crippen MR) is 94.2 cm³/mol. The largest absolute Gasteiger partial charge is 0.480 e. The first-order valence-electron chi connectivity index (χ1n) is 8.24. The Morgan fingerprint density at radius 2 is 1.88 bits per heavy atom. The Morgan fingerprint density at radius 3 is 2.60 bits per heavy atom. The van der Waals surface area contributed by atoms with Crippen LogP contribution in [0, 0.1) is 0 Å². The van der Waals surface area contributed by atoms with Crippen molar-refractivity contribution in [3.8, 4) is 11.8 Å². The van der Waals surface area contributed by atoms with Crippen LogP contribution < -0.4 is 14.8 Å². The van der Waals surface area contributed by atoms with Crippen molar-refractivity contribution in [3.63, 3.8) is 0 Å². The van der Waals surface area contributed by atoms with Gasteiger partial charge in [-0.05, 0) is 37.8 Å². The molecule has 1 aromatic heterocycles. The molecule has 1 aromatic carbocycles. The number of nitrogens with zero attached hydrogens (tertiary/aromatic N) is 2. The number of carbonyl (C=O) groups excluding carboxylic acids is 1. The average molecular weight is 362 g/mol. The summed E-state index contributed by atoms with van der Waals surface area (Å²) in [6, 6.07) is 7.19. The van der Waals surface area contributed by atoms with E-state index in [9.17, 15) is 4.79 Å². The number of amides is 1. The molecule has 0 unspecified atom stereocenters. The van der Waals surface area contributed by atoms with Crippen LogP contribution in [0.25, 0.3) is 0 Å². The monoisotopic (exact) mass is 361 g/mol. The molecule has 0 saturated heterocycles. The highest BCUT2D eigenvalue weighted by molar-refractivity contribution is 6.33. The quantitative estimate of drug-likeness (QED) is 0.884. The van der Waals surface area contributed by atoms with Crippen molar-refractivity contribution in [1.29, 1.82) is 0 Å². The molecular weight excluding hydrogens is 342 g/mol. The fraction of sp³-hybridized carbons (Fsp3) is 0.389. The molecule has 1 aliphatic rings. The van der Waals surface area contributed by atoms with Crippen LogP contribution in [0.5, 0.6) is 11.8 Å². The Labute approximate surface area is 151 Å². The Balaban J connectivity index is 1.50. The van der Waals surface area contributed by atoms with Gasteiger partial charge < -0.3 is 14.8 Å². The van der Waals surface area contributed by atoms with Crippen molar-refractivity contribution in [2.24, 2.45) is 0 Å². The molecule has 1 amide bonds. The summed E-state index contributed by atoms with van der Waals surface area (Å²) in [6.45, 7) is 0. The lowest BCUT2D eigenvalue weighted by molar-refractivity contribution is 0.0889. The van der Waals surface area contributed by atoms with E-state index in [0.29, 0.717) is 22.3 Å². The van der Waals surface area contributed by atoms with Crippen molar-refractivity contribution in [1.82, 2.24) is 15.3 Å². The summed E-state index contributed by atoms with van der Waals surface area (Å²) in [5.41, 5.74) is 0.509. The summed E-state index contributed by atoms with van der Waals surface area (Å²) in [5.74, 6) is 0.759. The molecule has 0 radical (unpaired) electrons. The Morgan fingerprint density at radius 1 is 1.16 bits per heavy atom. The van der Waals surface area contributed by atoms with Crippen molar-refractivity contribution < 1.29 is 14.3 Å². The number of hydrogen-bond donors (Lipinski definition) is 1. The van der Waals surface area contributed by atoms with Crippen LogP contribution in [-0.4, -0.2) is 35.1 Å². The average Bonchev–Trinajstić information content (AvgIpc) is 2.64. The van der Waals surface area contributed by atoms with E-state index in [1.165, 1.54) is 6.20 Å². The maximum Gasteiger partial charge on any atom is 0.253 e. The number of benzene rings is 1. The van der Waals surface area contributed by atoms with Crippen molar-refractivity contribution >= 4 is 17.5 Å². The van der Waals surface area contributed by atoms with Crippen LogP contribution in [0.2, 0.25) is 5.02 Å². The molecule has 6 nitrogen and oxygen atoms in total. The second kappa shape index (κ2) is 8.16. The molecule has 1 heterocycles. The van der Waals surface area contributed by atoms with Gasteiger partial charge in [-0.25, -0.2) is 0 Å². The first kappa shape index (κ1) is 17.5. The van der Waals surface area contributed by atoms with E-state index in [1.807, 2.05) is 6.07 Å². The fourth-order valence-electron chi connectivity index (χ4n) is 2.89. The van der Waals surface area contributed by atoms with Gasteiger partial charge in [-0.1, -0.05) is 23.7 Å². The fourth-order valence-corrected chi connectivity index (χ4v) is 3.11. The molecule has 25 heavy (non-hydrogen) atoms. The number of ether oxygens (including phenoxy) is 2. The molecule has 0 atom stereocenters. The molecule has 0 spiro atoms. The zero-order chi connectivity index (χ0) is 17.6. The highest BCUT2D eigenvalue weighted by Gasteiger charge is 2.25. The number of carbonyl (C=O) groups is 1. The van der Waals surface area contributed by atoms with Crippen LogP contribution >= 0.6 is 11.6 Å². The second-order valence-corrected chi connectivity index (χ2v) is 6.35. The second-order valence-electron chi connectivity index (χ2n) is 5.94. The summed E-state index contributed by atoms with van der Waals surface area (Å²) in [7, 11) is 1.54. The van der Waals surface area contributed by atoms with Gasteiger partial charge in [0.05, 0.1) is 30.1 Å². The van der Waals surface area contributed by atoms with Gasteiger partial charge >= 0.3 is 0 Å². The Bertz CT molecular complexity index is 733. The van der Waals surface area contributed by atoms with E-state index in [-0.39, 0.29) is 18.1 Å². The molecule has 0 bridgehead atoms. The summed E-state index contributed by atoms with van der Waals surface area (Å²) in [6.07, 6.45) is 6.55. The normalized spacial score (nSPS) is 19.9. The molecule has 132 valence electrons. The number of hydrogen-bond acceptors (Lipinski definition) is 5. The molecule has 1 saturated carbocycles. The van der Waals surface area contributed by atoms with Crippen LogP contribution in [0.1, 0.15) is 36.0 Å². The highest BCUT2D eigenvalue weighted by Crippen LogP contribution is 2.24. The van der Waals surface area contributed by atoms with Crippen molar-refractivity contribution in [2.75, 3.05) is 7.11 Å². The minimum Gasteiger partial charge on any atom is -0.480 e. The first-order chi connectivity index (χ1) is 12.2. The van der Waals surface area contributed by atoms with Gasteiger partial charge in [0, 0.05) is 6.04 Å². The number of methoxy groups -OCH3 is 1. The lowest BCUT2D eigenvalue weighted by Crippen LogP contribution is -2.39. The van der Waals surface area contributed by atoms with Gasteiger partial charge in [-0.2, -0.15) is 4.98 Å². The summed E-state index contributed by atoms with van der Waals surface area (Å²) >= 11 is 6.07. The zero-order valence-electron chi connectivity index (χ0n) is 13.9. The van der Waals surface area contributed by atoms with E-state index in [4.69, 9.17) is 21.1 Å². The maximum absolute atomic E-state index is 12.3.